The molecule has 2 nitrogen and oxygen atoms in total. The third-order valence-corrected chi connectivity index (χ3v) is 2.09. The Morgan fingerprint density at radius 3 is 2.73 bits per heavy atom. The van der Waals surface area contributed by atoms with Gasteiger partial charge in [-0.2, -0.15) is 0 Å². The first kappa shape index (κ1) is 8.64. The zero-order valence-electron chi connectivity index (χ0n) is 5.97. The number of hydrogen-bond donors (Lipinski definition) is 1. The predicted octanol–water partition coefficient (Wildman–Crippen LogP) is 2.06. The van der Waals surface area contributed by atoms with E-state index >= 15 is 0 Å². The third-order valence-electron chi connectivity index (χ3n) is 1.27. The molecule has 11 heavy (non-hydrogen) atoms. The maximum Gasteiger partial charge on any atom is 0.171 e. The minimum Gasteiger partial charge on any atom is -0.504 e. The summed E-state index contributed by atoms with van der Waals surface area (Å²) in [6.45, 7) is 5.51. The maximum atomic E-state index is 9.33. The second kappa shape index (κ2) is 3.30. The van der Waals surface area contributed by atoms with Gasteiger partial charge >= 0.3 is 0 Å². The van der Waals surface area contributed by atoms with Crippen molar-refractivity contribution in [1.82, 2.24) is 0 Å². The lowest BCUT2D eigenvalue weighted by Gasteiger charge is -2.05. The third kappa shape index (κ3) is 1.77. The topological polar surface area (TPSA) is 29.5 Å². The van der Waals surface area contributed by atoms with Crippen LogP contribution in [0.4, 0.5) is 0 Å². The molecule has 2 radical (unpaired) electrons. The lowest BCUT2D eigenvalue weighted by molar-refractivity contribution is 0.371. The van der Waals surface area contributed by atoms with Gasteiger partial charge in [0, 0.05) is 0 Å². The molecule has 0 aliphatic carbocycles. The highest BCUT2D eigenvalue weighted by Gasteiger charge is 2.05. The molecule has 0 amide bonds. The van der Waals surface area contributed by atoms with Crippen LogP contribution in [0.1, 0.15) is 5.56 Å². The molecule has 0 heterocycles. The van der Waals surface area contributed by atoms with Crippen molar-refractivity contribution in [2.75, 3.05) is 7.11 Å². The standard InChI is InChI=1S/C8H7IO2/c1-5-3-6(9)8(10)7(4-5)11-2/h1,3-4,10H,2H3. The Kier molecular flexibility index (Phi) is 2.59. The first-order valence-corrected chi connectivity index (χ1v) is 4.05. The van der Waals surface area contributed by atoms with Gasteiger partial charge in [0.25, 0.3) is 0 Å². The van der Waals surface area contributed by atoms with Gasteiger partial charge in [0.15, 0.2) is 11.5 Å². The molecule has 1 rings (SSSR count). The van der Waals surface area contributed by atoms with Crippen molar-refractivity contribution < 1.29 is 9.84 Å². The van der Waals surface area contributed by atoms with E-state index in [1.807, 2.05) is 22.6 Å². The van der Waals surface area contributed by atoms with Crippen LogP contribution in [0.3, 0.4) is 0 Å². The summed E-state index contributed by atoms with van der Waals surface area (Å²) in [4.78, 5) is 0. The fourth-order valence-electron chi connectivity index (χ4n) is 0.749. The molecule has 0 atom stereocenters. The van der Waals surface area contributed by atoms with Gasteiger partial charge in [0.05, 0.1) is 10.7 Å². The molecule has 0 saturated heterocycles. The Morgan fingerprint density at radius 2 is 2.18 bits per heavy atom. The zero-order chi connectivity index (χ0) is 8.43. The molecule has 0 aromatic heterocycles. The smallest absolute Gasteiger partial charge is 0.171 e. The summed E-state index contributed by atoms with van der Waals surface area (Å²) in [5.74, 6) is 0.553. The van der Waals surface area contributed by atoms with E-state index in [4.69, 9.17) is 11.7 Å². The number of hydrogen-bond acceptors (Lipinski definition) is 2. The molecule has 0 aliphatic heterocycles. The second-order valence-electron chi connectivity index (χ2n) is 2.05. The lowest BCUT2D eigenvalue weighted by atomic mass is 10.2. The zero-order valence-corrected chi connectivity index (χ0v) is 8.12. The van der Waals surface area contributed by atoms with Gasteiger partial charge in [-0.15, -0.1) is 0 Å². The molecular formula is C8H7IO2. The average Bonchev–Trinajstić information content (AvgIpc) is 1.96. The van der Waals surface area contributed by atoms with E-state index in [2.05, 4.69) is 0 Å². The van der Waals surface area contributed by atoms with Crippen molar-refractivity contribution in [1.29, 1.82) is 0 Å². The lowest BCUT2D eigenvalue weighted by Crippen LogP contribution is -1.86. The van der Waals surface area contributed by atoms with Gasteiger partial charge < -0.3 is 9.84 Å². The number of halogens is 1. The summed E-state index contributed by atoms with van der Waals surface area (Å²) >= 11 is 1.99. The van der Waals surface area contributed by atoms with Crippen LogP contribution in [0.25, 0.3) is 0 Å². The van der Waals surface area contributed by atoms with Crippen LogP contribution in [0.2, 0.25) is 0 Å². The van der Waals surface area contributed by atoms with Crippen LogP contribution in [0.15, 0.2) is 12.1 Å². The molecule has 1 aromatic carbocycles. The minimum atomic E-state index is 0.141. The van der Waals surface area contributed by atoms with Crippen molar-refractivity contribution in [2.45, 2.75) is 0 Å². The second-order valence-corrected chi connectivity index (χ2v) is 3.22. The highest BCUT2D eigenvalue weighted by molar-refractivity contribution is 14.1. The number of phenols is 1. The summed E-state index contributed by atoms with van der Waals surface area (Å²) < 4.78 is 5.57. The molecule has 58 valence electrons. The highest BCUT2D eigenvalue weighted by atomic mass is 127. The van der Waals surface area contributed by atoms with Gasteiger partial charge in [-0.3, -0.25) is 0 Å². The van der Waals surface area contributed by atoms with E-state index in [1.165, 1.54) is 7.11 Å². The Morgan fingerprint density at radius 1 is 1.55 bits per heavy atom. The van der Waals surface area contributed by atoms with E-state index in [-0.39, 0.29) is 5.75 Å². The van der Waals surface area contributed by atoms with Crippen molar-refractivity contribution in [3.8, 4) is 11.5 Å². The number of methoxy groups -OCH3 is 1. The SMILES string of the molecule is [CH]c1cc(I)c(O)c(OC)c1. The van der Waals surface area contributed by atoms with E-state index < -0.39 is 0 Å². The molecule has 0 unspecified atom stereocenters. The highest BCUT2D eigenvalue weighted by Crippen LogP contribution is 2.31. The van der Waals surface area contributed by atoms with E-state index in [1.54, 1.807) is 12.1 Å². The fourth-order valence-corrected chi connectivity index (χ4v) is 1.37. The minimum absolute atomic E-state index is 0.141. The van der Waals surface area contributed by atoms with E-state index in [0.717, 1.165) is 0 Å². The van der Waals surface area contributed by atoms with E-state index in [0.29, 0.717) is 14.9 Å². The van der Waals surface area contributed by atoms with Crippen molar-refractivity contribution in [2.24, 2.45) is 0 Å². The molecule has 1 aromatic rings. The largest absolute Gasteiger partial charge is 0.504 e. The Balaban J connectivity index is 3.24. The van der Waals surface area contributed by atoms with Crippen molar-refractivity contribution in [3.05, 3.63) is 28.2 Å². The Labute approximate surface area is 79.3 Å². The molecule has 1 N–H and O–H groups in total. The van der Waals surface area contributed by atoms with Gasteiger partial charge in [0.2, 0.25) is 0 Å². The van der Waals surface area contributed by atoms with Gasteiger partial charge in [0.1, 0.15) is 0 Å². The Hall–Kier alpha value is -0.450. The molecule has 0 aliphatic rings. The predicted molar refractivity (Wildman–Crippen MR) is 50.8 cm³/mol. The summed E-state index contributed by atoms with van der Waals surface area (Å²) in [5, 5.41) is 9.33. The number of phenolic OH excluding ortho intramolecular Hbond substituents is 1. The van der Waals surface area contributed by atoms with Gasteiger partial charge in [-0.25, -0.2) is 0 Å². The molecule has 3 heteroatoms. The number of rotatable bonds is 1. The maximum absolute atomic E-state index is 9.33. The van der Waals surface area contributed by atoms with Crippen LogP contribution < -0.4 is 4.74 Å². The number of aromatic hydroxyl groups is 1. The molecule has 0 bridgehead atoms. The first-order valence-electron chi connectivity index (χ1n) is 2.97. The summed E-state index contributed by atoms with van der Waals surface area (Å²) in [6, 6.07) is 3.26. The van der Waals surface area contributed by atoms with Gasteiger partial charge in [-0.05, 0) is 47.2 Å². The van der Waals surface area contributed by atoms with Gasteiger partial charge in [-0.1, -0.05) is 0 Å². The molecule has 0 fully saturated rings. The van der Waals surface area contributed by atoms with Crippen LogP contribution in [0.5, 0.6) is 11.5 Å². The number of benzene rings is 1. The van der Waals surface area contributed by atoms with Crippen LogP contribution in [-0.4, -0.2) is 12.2 Å². The summed E-state index contributed by atoms with van der Waals surface area (Å²) in [6.07, 6.45) is 0. The van der Waals surface area contributed by atoms with Crippen LogP contribution >= 0.6 is 22.6 Å². The van der Waals surface area contributed by atoms with Crippen molar-refractivity contribution in [3.63, 3.8) is 0 Å². The van der Waals surface area contributed by atoms with Crippen molar-refractivity contribution >= 4 is 22.6 Å². The van der Waals surface area contributed by atoms with Crippen LogP contribution in [-0.2, 0) is 0 Å². The van der Waals surface area contributed by atoms with Crippen LogP contribution in [0, 0.1) is 10.5 Å². The Bertz CT molecular complexity index is 271. The monoisotopic (exact) mass is 262 g/mol. The average molecular weight is 262 g/mol. The van der Waals surface area contributed by atoms with E-state index in [9.17, 15) is 5.11 Å². The summed E-state index contributed by atoms with van der Waals surface area (Å²) in [5.41, 5.74) is 0.587. The molecular weight excluding hydrogens is 255 g/mol. The summed E-state index contributed by atoms with van der Waals surface area (Å²) in [7, 11) is 1.49. The first-order chi connectivity index (χ1) is 5.15. The molecule has 0 saturated carbocycles. The number of ether oxygens (including phenoxy) is 1. The fraction of sp³-hybridized carbons (Fsp3) is 0.125. The quantitative estimate of drug-likeness (QED) is 0.785. The normalized spacial score (nSPS) is 9.73. The molecule has 0 spiro atoms.